The predicted molar refractivity (Wildman–Crippen MR) is 74.0 cm³/mol. The zero-order chi connectivity index (χ0) is 14.0. The van der Waals surface area contributed by atoms with E-state index in [1.54, 1.807) is 30.0 Å². The molecule has 5 nitrogen and oxygen atoms in total. The number of hydrogen-bond acceptors (Lipinski definition) is 3. The molecule has 1 saturated heterocycles. The molecule has 1 aliphatic heterocycles. The van der Waals surface area contributed by atoms with E-state index < -0.39 is 12.1 Å². The molecular formula is C13H16ClN3O2. The molecule has 1 aromatic carbocycles. The molecule has 1 aromatic rings. The fourth-order valence-electron chi connectivity index (χ4n) is 2.02. The fourth-order valence-corrected chi connectivity index (χ4v) is 2.20. The number of rotatable bonds is 3. The van der Waals surface area contributed by atoms with Gasteiger partial charge in [-0.3, -0.25) is 9.59 Å². The summed E-state index contributed by atoms with van der Waals surface area (Å²) in [5, 5.41) is 3.23. The van der Waals surface area contributed by atoms with Gasteiger partial charge in [0.25, 0.3) is 0 Å². The lowest BCUT2D eigenvalue weighted by molar-refractivity contribution is -0.127. The molecule has 0 spiro atoms. The molecule has 1 heterocycles. The molecular weight excluding hydrogens is 266 g/mol. The van der Waals surface area contributed by atoms with Crippen molar-refractivity contribution in [2.24, 2.45) is 5.73 Å². The average molecular weight is 282 g/mol. The smallest absolute Gasteiger partial charge is 0.249 e. The highest BCUT2D eigenvalue weighted by molar-refractivity contribution is 6.31. The minimum atomic E-state index is -0.618. The zero-order valence-electron chi connectivity index (χ0n) is 10.6. The summed E-state index contributed by atoms with van der Waals surface area (Å²) in [4.78, 5) is 25.3. The van der Waals surface area contributed by atoms with Crippen LogP contribution in [0.3, 0.4) is 0 Å². The molecule has 2 rings (SSSR count). The molecule has 1 fully saturated rings. The maximum Gasteiger partial charge on any atom is 0.249 e. The van der Waals surface area contributed by atoms with Crippen LogP contribution in [-0.2, 0) is 9.59 Å². The minimum Gasteiger partial charge on any atom is -0.343 e. The number of amides is 2. The predicted octanol–water partition coefficient (Wildman–Crippen LogP) is 0.909. The van der Waals surface area contributed by atoms with Crippen LogP contribution < -0.4 is 16.0 Å². The summed E-state index contributed by atoms with van der Waals surface area (Å²) >= 11 is 5.91. The van der Waals surface area contributed by atoms with Gasteiger partial charge >= 0.3 is 0 Å². The number of nitrogens with zero attached hydrogens (tertiary/aromatic N) is 1. The molecule has 6 heteroatoms. The number of nitrogens with two attached hydrogens (primary N) is 1. The van der Waals surface area contributed by atoms with Crippen LogP contribution in [0.15, 0.2) is 24.3 Å². The Morgan fingerprint density at radius 2 is 2.32 bits per heavy atom. The van der Waals surface area contributed by atoms with Crippen molar-refractivity contribution in [3.8, 4) is 0 Å². The highest BCUT2D eigenvalue weighted by atomic mass is 35.5. The van der Waals surface area contributed by atoms with E-state index in [-0.39, 0.29) is 11.8 Å². The fraction of sp³-hybridized carbons (Fsp3) is 0.385. The van der Waals surface area contributed by atoms with Gasteiger partial charge in [-0.1, -0.05) is 17.7 Å². The van der Waals surface area contributed by atoms with Crippen LogP contribution in [0.5, 0.6) is 0 Å². The third kappa shape index (κ3) is 3.05. The summed E-state index contributed by atoms with van der Waals surface area (Å²) in [6.07, 6.45) is 0.573. The Balaban J connectivity index is 2.08. The molecule has 1 unspecified atom stereocenters. The van der Waals surface area contributed by atoms with E-state index in [0.29, 0.717) is 18.0 Å². The van der Waals surface area contributed by atoms with Crippen molar-refractivity contribution in [3.63, 3.8) is 0 Å². The summed E-state index contributed by atoms with van der Waals surface area (Å²) in [6, 6.07) is 5.97. The molecule has 102 valence electrons. The van der Waals surface area contributed by atoms with Gasteiger partial charge in [0.2, 0.25) is 11.8 Å². The largest absolute Gasteiger partial charge is 0.343 e. The van der Waals surface area contributed by atoms with Crippen LogP contribution in [-0.4, -0.2) is 30.4 Å². The summed E-state index contributed by atoms with van der Waals surface area (Å²) in [6.45, 7) is 2.15. The summed E-state index contributed by atoms with van der Waals surface area (Å²) in [5.41, 5.74) is 6.22. The topological polar surface area (TPSA) is 75.4 Å². The molecule has 0 aromatic heterocycles. The molecule has 2 atom stereocenters. The van der Waals surface area contributed by atoms with Gasteiger partial charge in [0, 0.05) is 17.3 Å². The lowest BCUT2D eigenvalue weighted by atomic mass is 10.2. The maximum atomic E-state index is 12.2. The summed E-state index contributed by atoms with van der Waals surface area (Å²) < 4.78 is 0. The highest BCUT2D eigenvalue weighted by Crippen LogP contribution is 2.24. The van der Waals surface area contributed by atoms with Crippen molar-refractivity contribution in [2.45, 2.75) is 25.4 Å². The number of halogens is 1. The summed E-state index contributed by atoms with van der Waals surface area (Å²) in [7, 11) is 0. The summed E-state index contributed by atoms with van der Waals surface area (Å²) in [5.74, 6) is -0.442. The van der Waals surface area contributed by atoms with E-state index in [0.717, 1.165) is 5.69 Å². The first-order valence-electron chi connectivity index (χ1n) is 6.12. The van der Waals surface area contributed by atoms with Crippen molar-refractivity contribution in [1.29, 1.82) is 0 Å². The second kappa shape index (κ2) is 5.59. The number of carbonyl (C=O) groups is 2. The number of anilines is 1. The van der Waals surface area contributed by atoms with Gasteiger partial charge in [0.1, 0.15) is 6.04 Å². The van der Waals surface area contributed by atoms with Crippen LogP contribution >= 0.6 is 11.6 Å². The molecule has 0 bridgehead atoms. The van der Waals surface area contributed by atoms with E-state index in [1.807, 2.05) is 6.07 Å². The van der Waals surface area contributed by atoms with E-state index in [4.69, 9.17) is 17.3 Å². The van der Waals surface area contributed by atoms with Crippen molar-refractivity contribution < 1.29 is 9.59 Å². The zero-order valence-corrected chi connectivity index (χ0v) is 11.4. The Morgan fingerprint density at radius 1 is 1.58 bits per heavy atom. The third-order valence-electron chi connectivity index (χ3n) is 3.06. The first-order valence-corrected chi connectivity index (χ1v) is 6.49. The van der Waals surface area contributed by atoms with Gasteiger partial charge in [-0.2, -0.15) is 0 Å². The standard InChI is InChI=1S/C13H16ClN3O2/c1-8(15)12(18)16-11-5-6-17(13(11)19)10-4-2-3-9(14)7-10/h2-4,7-8,11H,5-6,15H2,1H3,(H,16,18)/t8-,11?/m0/s1. The van der Waals surface area contributed by atoms with Gasteiger partial charge in [-0.05, 0) is 31.5 Å². The van der Waals surface area contributed by atoms with Crippen LogP contribution in [0, 0.1) is 0 Å². The van der Waals surface area contributed by atoms with Crippen molar-refractivity contribution in [3.05, 3.63) is 29.3 Å². The quantitative estimate of drug-likeness (QED) is 0.865. The maximum absolute atomic E-state index is 12.2. The number of benzene rings is 1. The first-order chi connectivity index (χ1) is 8.99. The Bertz CT molecular complexity index is 504. The van der Waals surface area contributed by atoms with Gasteiger partial charge < -0.3 is 16.0 Å². The Hall–Kier alpha value is -1.59. The lowest BCUT2D eigenvalue weighted by Crippen LogP contribution is -2.47. The minimum absolute atomic E-state index is 0.128. The number of hydrogen-bond donors (Lipinski definition) is 2. The lowest BCUT2D eigenvalue weighted by Gasteiger charge is -2.18. The van der Waals surface area contributed by atoms with Gasteiger partial charge in [0.05, 0.1) is 6.04 Å². The average Bonchev–Trinajstić information content (AvgIpc) is 2.71. The highest BCUT2D eigenvalue weighted by Gasteiger charge is 2.33. The molecule has 1 aliphatic rings. The molecule has 2 amide bonds. The van der Waals surface area contributed by atoms with Gasteiger partial charge in [0.15, 0.2) is 0 Å². The molecule has 19 heavy (non-hydrogen) atoms. The Labute approximate surface area is 116 Å². The van der Waals surface area contributed by atoms with E-state index in [2.05, 4.69) is 5.32 Å². The van der Waals surface area contributed by atoms with Crippen LogP contribution in [0.4, 0.5) is 5.69 Å². The third-order valence-corrected chi connectivity index (χ3v) is 3.29. The van der Waals surface area contributed by atoms with Crippen LogP contribution in [0.2, 0.25) is 5.02 Å². The Morgan fingerprint density at radius 3 is 2.95 bits per heavy atom. The monoisotopic (exact) mass is 281 g/mol. The number of carbonyl (C=O) groups excluding carboxylic acids is 2. The van der Waals surface area contributed by atoms with Crippen LogP contribution in [0.25, 0.3) is 0 Å². The number of nitrogens with one attached hydrogen (secondary N) is 1. The van der Waals surface area contributed by atoms with E-state index in [1.165, 1.54) is 0 Å². The first kappa shape index (κ1) is 13.8. The van der Waals surface area contributed by atoms with Gasteiger partial charge in [-0.15, -0.1) is 0 Å². The second-order valence-corrected chi connectivity index (χ2v) is 5.04. The van der Waals surface area contributed by atoms with Gasteiger partial charge in [-0.25, -0.2) is 0 Å². The Kier molecular flexibility index (Phi) is 4.07. The second-order valence-electron chi connectivity index (χ2n) is 4.61. The molecule has 0 radical (unpaired) electrons. The molecule has 0 aliphatic carbocycles. The van der Waals surface area contributed by atoms with Crippen LogP contribution in [0.1, 0.15) is 13.3 Å². The van der Waals surface area contributed by atoms with Crippen molar-refractivity contribution >= 4 is 29.1 Å². The van der Waals surface area contributed by atoms with Crippen molar-refractivity contribution in [1.82, 2.24) is 5.32 Å². The molecule has 3 N–H and O–H groups in total. The van der Waals surface area contributed by atoms with Crippen molar-refractivity contribution in [2.75, 3.05) is 11.4 Å². The van der Waals surface area contributed by atoms with E-state index in [9.17, 15) is 9.59 Å². The van der Waals surface area contributed by atoms with E-state index >= 15 is 0 Å². The molecule has 0 saturated carbocycles. The SMILES string of the molecule is C[C@H](N)C(=O)NC1CCN(c2cccc(Cl)c2)C1=O. The normalized spacial score (nSPS) is 20.5.